The maximum atomic E-state index is 16.0. The van der Waals surface area contributed by atoms with Crippen LogP contribution in [0.15, 0.2) is 45.3 Å². The molecule has 4 rings (SSSR count). The summed E-state index contributed by atoms with van der Waals surface area (Å²) in [7, 11) is -10.2. The van der Waals surface area contributed by atoms with E-state index in [1.165, 1.54) is 13.8 Å². The van der Waals surface area contributed by atoms with Gasteiger partial charge in [0, 0.05) is 27.5 Å². The van der Waals surface area contributed by atoms with E-state index in [0.29, 0.717) is 14.5 Å². The van der Waals surface area contributed by atoms with E-state index in [1.807, 2.05) is 22.6 Å². The third-order valence-electron chi connectivity index (χ3n) is 5.98. The molecule has 0 saturated carbocycles. The van der Waals surface area contributed by atoms with E-state index in [2.05, 4.69) is 0 Å². The normalized spacial score (nSPS) is 17.2. The quantitative estimate of drug-likeness (QED) is 0.197. The van der Waals surface area contributed by atoms with Gasteiger partial charge in [-0.2, -0.15) is 0 Å². The molecule has 0 fully saturated rings. The number of fused-ring (bicyclic) bond motifs is 2. The molecule has 0 N–H and O–H groups in total. The number of nitrogens with zero attached hydrogens (tertiary/aromatic N) is 2. The summed E-state index contributed by atoms with van der Waals surface area (Å²) in [4.78, 5) is -1.50. The Labute approximate surface area is 259 Å². The van der Waals surface area contributed by atoms with Gasteiger partial charge < -0.3 is 26.7 Å². The number of allylic oxidation sites excluding steroid dienone is 2. The monoisotopic (exact) mass is 654 g/mol. The largest absolute Gasteiger partial charge is 1.00 e. The minimum absolute atomic E-state index is 0. The van der Waals surface area contributed by atoms with E-state index in [1.54, 1.807) is 24.3 Å². The van der Waals surface area contributed by atoms with Crippen LogP contribution in [0.1, 0.15) is 36.4 Å². The van der Waals surface area contributed by atoms with Crippen LogP contribution in [0.3, 0.4) is 0 Å². The summed E-state index contributed by atoms with van der Waals surface area (Å²) in [6.07, 6.45) is 0. The molecule has 8 nitrogen and oxygen atoms in total. The summed E-state index contributed by atoms with van der Waals surface area (Å²) in [5, 5.41) is 0. The summed E-state index contributed by atoms with van der Waals surface area (Å²) >= 11 is 2.05. The molecule has 0 bridgehead atoms. The van der Waals surface area contributed by atoms with Gasteiger partial charge in [-0.15, -0.1) is 0 Å². The van der Waals surface area contributed by atoms with Crippen molar-refractivity contribution in [1.82, 2.24) is 4.48 Å². The molecule has 0 saturated heterocycles. The average Bonchev–Trinajstić information content (AvgIpc) is 3.07. The first-order valence-corrected chi connectivity index (χ1v) is 13.4. The third-order valence-corrected chi connectivity index (χ3v) is 8.90. The average molecular weight is 654 g/mol. The number of halogens is 3. The van der Waals surface area contributed by atoms with E-state index >= 15 is 8.63 Å². The minimum Gasteiger partial charge on any atom is -0.744 e. The van der Waals surface area contributed by atoms with Crippen molar-refractivity contribution in [2.24, 2.45) is 0 Å². The fraction of sp³-hybridized carbons (Fsp3) is 0.211. The van der Waals surface area contributed by atoms with Crippen LogP contribution in [-0.4, -0.2) is 47.6 Å². The number of benzene rings is 1. The molecule has 0 amide bonds. The van der Waals surface area contributed by atoms with Crippen molar-refractivity contribution < 1.29 is 98.2 Å². The molecule has 0 aliphatic carbocycles. The second-order valence-corrected chi connectivity index (χ2v) is 11.8. The summed E-state index contributed by atoms with van der Waals surface area (Å²) in [5.41, 5.74) is -1.21. The fourth-order valence-electron chi connectivity index (χ4n) is 4.92. The number of aromatic nitrogens is 1. The van der Waals surface area contributed by atoms with Crippen molar-refractivity contribution in [3.05, 3.63) is 66.5 Å². The van der Waals surface area contributed by atoms with Crippen LogP contribution in [0.5, 0.6) is 0 Å². The first-order chi connectivity index (χ1) is 15.0. The Bertz CT molecular complexity index is 1580. The van der Waals surface area contributed by atoms with E-state index in [4.69, 9.17) is 0 Å². The van der Waals surface area contributed by atoms with Gasteiger partial charge >= 0.3 is 66.1 Å². The molecule has 16 heteroatoms. The Kier molecular flexibility index (Phi) is 8.97. The molecule has 2 aliphatic heterocycles. The van der Waals surface area contributed by atoms with Gasteiger partial charge in [0.1, 0.15) is 30.9 Å². The van der Waals surface area contributed by atoms with Gasteiger partial charge in [-0.05, 0) is 66.6 Å². The number of hydrogen-bond acceptors (Lipinski definition) is 6. The summed E-state index contributed by atoms with van der Waals surface area (Å²) in [6.45, 7) is -0.130. The van der Waals surface area contributed by atoms with Crippen LogP contribution in [0.25, 0.3) is 5.57 Å². The van der Waals surface area contributed by atoms with Crippen molar-refractivity contribution in [3.63, 3.8) is 0 Å². The van der Waals surface area contributed by atoms with Crippen molar-refractivity contribution in [3.8, 4) is 0 Å². The minimum atomic E-state index is -5.11. The molecule has 0 atom stereocenters. The molecule has 2 aromatic rings. The molecule has 1 aromatic carbocycles. The van der Waals surface area contributed by atoms with Gasteiger partial charge in [0.25, 0.3) is 0 Å². The van der Waals surface area contributed by atoms with Crippen molar-refractivity contribution in [1.29, 1.82) is 0 Å². The Morgan fingerprint density at radius 2 is 1.46 bits per heavy atom. The van der Waals surface area contributed by atoms with Gasteiger partial charge in [-0.1, -0.05) is 12.1 Å². The van der Waals surface area contributed by atoms with Gasteiger partial charge in [0.15, 0.2) is 5.70 Å². The zero-order valence-electron chi connectivity index (χ0n) is 19.7. The molecule has 1 aromatic heterocycles. The maximum absolute atomic E-state index is 16.0. The van der Waals surface area contributed by atoms with Gasteiger partial charge in [-0.25, -0.2) is 16.8 Å². The molecular formula is C19H16BF2IN2Na2O6S2. The third kappa shape index (κ3) is 4.75. The molecular weight excluding hydrogens is 638 g/mol. The van der Waals surface area contributed by atoms with Crippen LogP contribution in [-0.2, 0) is 20.2 Å². The molecule has 35 heavy (non-hydrogen) atoms. The summed E-state index contributed by atoms with van der Waals surface area (Å²) in [6, 6.07) is 6.62. The Hall–Kier alpha value is 0.125. The standard InChI is InChI=1S/C19H18BF2IN2O6S2.2Na/c1-9-16-15(13-5-7-14(23)8-6-13)17-10(2)19(33(29,30)31)12(4)25(17)20(21,22)24(16)11(3)18(9)32(26,27)28;;/h5-8H,1-4H3,(H,26,27,28)(H,29,30,31);;/q;2*+1/p-2. The summed E-state index contributed by atoms with van der Waals surface area (Å²) in [5.74, 6) is 0. The van der Waals surface area contributed by atoms with Gasteiger partial charge in [0.05, 0.1) is 10.5 Å². The second kappa shape index (κ2) is 10.0. The van der Waals surface area contributed by atoms with E-state index < -0.39 is 48.4 Å². The zero-order valence-corrected chi connectivity index (χ0v) is 27.5. The van der Waals surface area contributed by atoms with E-state index in [0.717, 1.165) is 17.4 Å². The zero-order chi connectivity index (χ0) is 24.8. The first kappa shape index (κ1) is 31.3. The van der Waals surface area contributed by atoms with Crippen LogP contribution < -0.4 is 59.1 Å². The number of rotatable bonds is 3. The topological polar surface area (TPSA) is 122 Å². The van der Waals surface area contributed by atoms with E-state index in [-0.39, 0.29) is 87.2 Å². The van der Waals surface area contributed by atoms with Crippen molar-refractivity contribution in [2.45, 2.75) is 32.6 Å². The molecule has 176 valence electrons. The number of hydrogen-bond donors (Lipinski definition) is 0. The Balaban J connectivity index is 0.00000216. The van der Waals surface area contributed by atoms with Gasteiger partial charge in [-0.3, -0.25) is 0 Å². The Morgan fingerprint density at radius 1 is 0.943 bits per heavy atom. The predicted molar refractivity (Wildman–Crippen MR) is 124 cm³/mol. The first-order valence-electron chi connectivity index (χ1n) is 9.52. The molecule has 3 heterocycles. The smallest absolute Gasteiger partial charge is 0.744 e. The van der Waals surface area contributed by atoms with Gasteiger partial charge in [0.2, 0.25) is 0 Å². The molecule has 0 spiro atoms. The second-order valence-electron chi connectivity index (χ2n) is 7.89. The van der Waals surface area contributed by atoms with Crippen LogP contribution in [0.2, 0.25) is 0 Å². The maximum Gasteiger partial charge on any atom is 1.00 e. The predicted octanol–water partition coefficient (Wildman–Crippen LogP) is -3.08. The van der Waals surface area contributed by atoms with Crippen LogP contribution in [0.4, 0.5) is 8.63 Å². The summed E-state index contributed by atoms with van der Waals surface area (Å²) < 4.78 is 106. The van der Waals surface area contributed by atoms with Crippen LogP contribution in [0, 0.1) is 17.4 Å². The molecule has 0 unspecified atom stereocenters. The molecule has 2 aliphatic rings. The SMILES string of the molecule is CC1=C(S(=O)(=O)[O-])C(C)=[N+]2C1=C(c1ccc(I)cc1)c1c(C)c(S(=O)(=O)[O-])c(C)n1[B-]2(F)F.[Na+].[Na+]. The Morgan fingerprint density at radius 3 is 1.91 bits per heavy atom. The fourth-order valence-corrected chi connectivity index (χ4v) is 7.14. The molecule has 0 radical (unpaired) electrons. The van der Waals surface area contributed by atoms with Crippen molar-refractivity contribution >= 4 is 61.1 Å². The van der Waals surface area contributed by atoms with Crippen molar-refractivity contribution in [2.75, 3.05) is 0 Å². The van der Waals surface area contributed by atoms with E-state index in [9.17, 15) is 25.9 Å². The van der Waals surface area contributed by atoms with Crippen LogP contribution >= 0.6 is 22.6 Å².